The third kappa shape index (κ3) is 4.87. The first-order chi connectivity index (χ1) is 17.8. The Kier molecular flexibility index (Phi) is 7.76. The van der Waals surface area contributed by atoms with E-state index in [0.29, 0.717) is 30.6 Å². The minimum absolute atomic E-state index is 0.0344. The molecule has 2 amide bonds. The Morgan fingerprint density at radius 2 is 1.84 bits per heavy atom. The molecule has 0 heterocycles. The summed E-state index contributed by atoms with van der Waals surface area (Å²) >= 11 is 0. The van der Waals surface area contributed by atoms with Gasteiger partial charge in [0.05, 0.1) is 5.71 Å². The number of rotatable bonds is 9. The van der Waals surface area contributed by atoms with Crippen LogP contribution in [0.2, 0.25) is 0 Å². The number of oxime groups is 1. The number of aliphatic hydroxyl groups is 1. The number of hydrogen-bond acceptors (Lipinski definition) is 7. The molecule has 0 aromatic heterocycles. The van der Waals surface area contributed by atoms with E-state index in [1.807, 2.05) is 0 Å². The van der Waals surface area contributed by atoms with Gasteiger partial charge in [0, 0.05) is 11.8 Å². The number of nitrogens with one attached hydrogen (secondary N) is 1. The molecule has 4 aliphatic rings. The predicted octanol–water partition coefficient (Wildman–Crippen LogP) is 2.48. The molecule has 38 heavy (non-hydrogen) atoms. The summed E-state index contributed by atoms with van der Waals surface area (Å²) in [7, 11) is 0. The highest BCUT2D eigenvalue weighted by Crippen LogP contribution is 2.67. The molecule has 4 aliphatic carbocycles. The van der Waals surface area contributed by atoms with Crippen LogP contribution in [0.4, 0.5) is 0 Å². The molecule has 3 saturated carbocycles. The standard InChI is InChI=1S/C28H41N3O7/c1-16(32)28(37)13-10-21-19-5-4-17-14-18(8-11-26(17,2)20(19)9-12-27(21,28)3)31-38-15-24(34)30-22(25(35)36)6-7-23(29)33/h14,19-22,37H,4-13,15H2,1-3H3,(H2,29,33)(H,30,34)(H,35,36)/t19-,20-,21-,22+,26+,27+,28+/m1/s1. The maximum atomic E-state index is 12.4. The fraction of sp³-hybridized carbons (Fsp3) is 0.750. The normalized spacial score (nSPS) is 37.7. The first kappa shape index (κ1) is 28.3. The largest absolute Gasteiger partial charge is 0.480 e. The Balaban J connectivity index is 1.38. The lowest BCUT2D eigenvalue weighted by atomic mass is 9.46. The van der Waals surface area contributed by atoms with Crippen molar-refractivity contribution in [1.29, 1.82) is 0 Å². The van der Waals surface area contributed by atoms with Crippen LogP contribution in [0.3, 0.4) is 0 Å². The summed E-state index contributed by atoms with van der Waals surface area (Å²) in [6.07, 6.45) is 8.75. The number of carboxylic acid groups (broad SMARTS) is 1. The van der Waals surface area contributed by atoms with Crippen molar-refractivity contribution >= 4 is 29.3 Å². The number of carbonyl (C=O) groups excluding carboxylic acids is 3. The molecule has 210 valence electrons. The monoisotopic (exact) mass is 531 g/mol. The number of allylic oxidation sites excluding steroid dienone is 2. The van der Waals surface area contributed by atoms with Crippen LogP contribution in [0.25, 0.3) is 0 Å². The number of ketones is 1. The van der Waals surface area contributed by atoms with Gasteiger partial charge in [0.15, 0.2) is 12.4 Å². The maximum absolute atomic E-state index is 12.4. The highest BCUT2D eigenvalue weighted by atomic mass is 16.6. The lowest BCUT2D eigenvalue weighted by molar-refractivity contribution is -0.159. The summed E-state index contributed by atoms with van der Waals surface area (Å²) in [5.41, 5.74) is 5.64. The topological polar surface area (TPSA) is 168 Å². The molecule has 0 unspecified atom stereocenters. The van der Waals surface area contributed by atoms with Crippen molar-refractivity contribution in [3.8, 4) is 0 Å². The van der Waals surface area contributed by atoms with Gasteiger partial charge in [-0.05, 0) is 94.0 Å². The SMILES string of the molecule is CC(=O)[C@@]1(O)CC[C@@H]2[C@@H]3CCC4=CC(=NOCC(=O)N[C@@H](CCC(N)=O)C(=O)O)CC[C@]4(C)[C@@H]3CC[C@@]21C. The summed E-state index contributed by atoms with van der Waals surface area (Å²) in [5.74, 6) is -1.28. The number of primary amides is 1. The molecule has 4 rings (SSSR count). The fourth-order valence-corrected chi connectivity index (χ4v) is 8.19. The molecular weight excluding hydrogens is 490 g/mol. The number of nitrogens with two attached hydrogens (primary N) is 1. The number of amides is 2. The van der Waals surface area contributed by atoms with Crippen molar-refractivity contribution in [2.24, 2.45) is 39.5 Å². The maximum Gasteiger partial charge on any atom is 0.326 e. The zero-order valence-corrected chi connectivity index (χ0v) is 22.6. The minimum Gasteiger partial charge on any atom is -0.480 e. The first-order valence-electron chi connectivity index (χ1n) is 13.8. The van der Waals surface area contributed by atoms with E-state index in [-0.39, 0.29) is 29.5 Å². The van der Waals surface area contributed by atoms with Crippen LogP contribution in [0.5, 0.6) is 0 Å². The van der Waals surface area contributed by atoms with Crippen LogP contribution < -0.4 is 11.1 Å². The molecule has 0 aromatic rings. The van der Waals surface area contributed by atoms with E-state index in [2.05, 4.69) is 30.4 Å². The number of carboxylic acids is 1. The van der Waals surface area contributed by atoms with Crippen LogP contribution in [0.15, 0.2) is 16.8 Å². The quantitative estimate of drug-likeness (QED) is 0.331. The van der Waals surface area contributed by atoms with Gasteiger partial charge in [-0.1, -0.05) is 24.6 Å². The highest BCUT2D eigenvalue weighted by Gasteiger charge is 2.65. The van der Waals surface area contributed by atoms with Crippen molar-refractivity contribution in [2.75, 3.05) is 6.61 Å². The number of fused-ring (bicyclic) bond motifs is 5. The van der Waals surface area contributed by atoms with Gasteiger partial charge in [-0.25, -0.2) is 4.79 Å². The second-order valence-electron chi connectivity index (χ2n) is 12.2. The summed E-state index contributed by atoms with van der Waals surface area (Å²) in [6.45, 7) is 5.58. The van der Waals surface area contributed by atoms with E-state index in [0.717, 1.165) is 44.2 Å². The van der Waals surface area contributed by atoms with Gasteiger partial charge in [-0.2, -0.15) is 0 Å². The van der Waals surface area contributed by atoms with Gasteiger partial charge in [0.1, 0.15) is 11.6 Å². The number of carbonyl (C=O) groups is 4. The lowest BCUT2D eigenvalue weighted by Crippen LogP contribution is -2.57. The van der Waals surface area contributed by atoms with E-state index in [9.17, 15) is 29.4 Å². The van der Waals surface area contributed by atoms with Crippen LogP contribution in [-0.4, -0.2) is 57.7 Å². The highest BCUT2D eigenvalue weighted by molar-refractivity contribution is 5.96. The Labute approximate surface area is 223 Å². The number of nitrogens with zero attached hydrogens (tertiary/aromatic N) is 1. The Hall–Kier alpha value is -2.75. The molecule has 0 radical (unpaired) electrons. The van der Waals surface area contributed by atoms with E-state index < -0.39 is 36.0 Å². The number of Topliss-reactive ketones (excluding diaryl/α,β-unsaturated/α-hetero) is 1. The first-order valence-corrected chi connectivity index (χ1v) is 13.8. The zero-order chi connectivity index (χ0) is 27.9. The van der Waals surface area contributed by atoms with E-state index >= 15 is 0 Å². The average molecular weight is 532 g/mol. The smallest absolute Gasteiger partial charge is 0.326 e. The van der Waals surface area contributed by atoms with Crippen LogP contribution >= 0.6 is 0 Å². The van der Waals surface area contributed by atoms with Crippen molar-refractivity contribution in [1.82, 2.24) is 5.32 Å². The summed E-state index contributed by atoms with van der Waals surface area (Å²) in [5, 5.41) is 27.0. The molecule has 10 heteroatoms. The van der Waals surface area contributed by atoms with E-state index in [4.69, 9.17) is 10.6 Å². The second kappa shape index (κ2) is 10.4. The predicted molar refractivity (Wildman–Crippen MR) is 139 cm³/mol. The molecule has 10 nitrogen and oxygen atoms in total. The number of aliphatic carboxylic acids is 1. The fourth-order valence-electron chi connectivity index (χ4n) is 8.19. The Bertz CT molecular complexity index is 1070. The molecule has 7 atom stereocenters. The van der Waals surface area contributed by atoms with Crippen molar-refractivity contribution in [3.05, 3.63) is 11.6 Å². The van der Waals surface area contributed by atoms with Gasteiger partial charge < -0.3 is 26.1 Å². The van der Waals surface area contributed by atoms with Gasteiger partial charge in [-0.3, -0.25) is 14.4 Å². The molecule has 3 fully saturated rings. The number of hydrogen-bond donors (Lipinski definition) is 4. The minimum atomic E-state index is -1.25. The van der Waals surface area contributed by atoms with Gasteiger partial charge >= 0.3 is 5.97 Å². The van der Waals surface area contributed by atoms with Gasteiger partial charge in [0.2, 0.25) is 5.91 Å². The summed E-state index contributed by atoms with van der Waals surface area (Å²) in [6, 6.07) is -1.22. The average Bonchev–Trinajstić information content (AvgIpc) is 3.13. The van der Waals surface area contributed by atoms with Crippen molar-refractivity contribution in [3.63, 3.8) is 0 Å². The van der Waals surface area contributed by atoms with Crippen LogP contribution in [0, 0.1) is 28.6 Å². The van der Waals surface area contributed by atoms with Crippen LogP contribution in [0.1, 0.15) is 85.0 Å². The van der Waals surface area contributed by atoms with Gasteiger partial charge in [-0.15, -0.1) is 0 Å². The molecular formula is C28H41N3O7. The van der Waals surface area contributed by atoms with E-state index in [1.165, 1.54) is 12.5 Å². The molecule has 0 aromatic carbocycles. The third-order valence-electron chi connectivity index (χ3n) is 10.4. The molecule has 0 bridgehead atoms. The molecule has 0 spiro atoms. The van der Waals surface area contributed by atoms with Crippen LogP contribution in [-0.2, 0) is 24.0 Å². The van der Waals surface area contributed by atoms with Gasteiger partial charge in [0.25, 0.3) is 5.91 Å². The summed E-state index contributed by atoms with van der Waals surface area (Å²) < 4.78 is 0. The molecule has 0 saturated heterocycles. The molecule has 0 aliphatic heterocycles. The Morgan fingerprint density at radius 1 is 1.13 bits per heavy atom. The lowest BCUT2D eigenvalue weighted by Gasteiger charge is -2.59. The van der Waals surface area contributed by atoms with E-state index in [1.54, 1.807) is 0 Å². The zero-order valence-electron chi connectivity index (χ0n) is 22.6. The summed E-state index contributed by atoms with van der Waals surface area (Å²) in [4.78, 5) is 52.1. The van der Waals surface area contributed by atoms with Crippen molar-refractivity contribution < 1.29 is 34.2 Å². The Morgan fingerprint density at radius 3 is 2.50 bits per heavy atom. The second-order valence-corrected chi connectivity index (χ2v) is 12.2. The van der Waals surface area contributed by atoms with Crippen molar-refractivity contribution in [2.45, 2.75) is 96.6 Å². The molecule has 5 N–H and O–H groups in total. The third-order valence-corrected chi connectivity index (χ3v) is 10.4.